The topological polar surface area (TPSA) is 47.1 Å². The molecule has 0 N–H and O–H groups in total. The van der Waals surface area contributed by atoms with Crippen LogP contribution in [0, 0.1) is 6.92 Å². The van der Waals surface area contributed by atoms with Gasteiger partial charge in [-0.2, -0.15) is 0 Å². The number of imidazole rings is 1. The van der Waals surface area contributed by atoms with Crippen LogP contribution in [0.25, 0.3) is 11.0 Å². The Balaban J connectivity index is 1.63. The fourth-order valence-electron chi connectivity index (χ4n) is 3.42. The fraction of sp³-hybridized carbons (Fsp3) is 0.412. The number of likely N-dealkylation sites (tertiary alicyclic amines) is 1. The second-order valence-corrected chi connectivity index (χ2v) is 6.66. The van der Waals surface area contributed by atoms with Crippen LogP contribution in [0.4, 0.5) is 0 Å². The number of rotatable bonds is 3. The number of hydrogen-bond acceptors (Lipinski definition) is 4. The molecule has 2 aromatic heterocycles. The summed E-state index contributed by atoms with van der Waals surface area (Å²) in [6, 6.07) is 8.18. The van der Waals surface area contributed by atoms with Crippen molar-refractivity contribution < 1.29 is 4.52 Å². The van der Waals surface area contributed by atoms with E-state index in [0.717, 1.165) is 52.8 Å². The quantitative estimate of drug-likeness (QED) is 0.731. The Hall–Kier alpha value is -1.85. The molecule has 1 aliphatic rings. The Morgan fingerprint density at radius 3 is 3.00 bits per heavy atom. The Morgan fingerprint density at radius 1 is 1.35 bits per heavy atom. The van der Waals surface area contributed by atoms with Gasteiger partial charge in [-0.25, -0.2) is 4.98 Å². The average Bonchev–Trinajstić information content (AvgIpc) is 3.20. The molecule has 1 atom stereocenters. The van der Waals surface area contributed by atoms with Crippen LogP contribution in [0.1, 0.15) is 36.2 Å². The minimum absolute atomic E-state index is 0.291. The first-order chi connectivity index (χ1) is 11.1. The molecule has 0 amide bonds. The van der Waals surface area contributed by atoms with Gasteiger partial charge in [-0.05, 0) is 44.5 Å². The molecule has 3 aromatic rings. The highest BCUT2D eigenvalue weighted by Crippen LogP contribution is 2.33. The third kappa shape index (κ3) is 2.64. The lowest BCUT2D eigenvalue weighted by atomic mass is 10.1. The van der Waals surface area contributed by atoms with Gasteiger partial charge in [0.1, 0.15) is 5.82 Å². The van der Waals surface area contributed by atoms with Crippen LogP contribution in [0.2, 0.25) is 5.02 Å². The standard InChI is InChI=1S/C17H19ClN4O/c1-11-8-16(23-20-11)15-4-3-7-22(15)10-17-19-13-9-12(18)5-6-14(13)21(17)2/h5-6,8-9,15H,3-4,7,10H2,1-2H3. The average molecular weight is 331 g/mol. The summed E-state index contributed by atoms with van der Waals surface area (Å²) < 4.78 is 7.63. The summed E-state index contributed by atoms with van der Waals surface area (Å²) in [7, 11) is 2.06. The van der Waals surface area contributed by atoms with E-state index >= 15 is 0 Å². The van der Waals surface area contributed by atoms with Crippen molar-refractivity contribution >= 4 is 22.6 Å². The molecular formula is C17H19ClN4O. The summed E-state index contributed by atoms with van der Waals surface area (Å²) in [5.41, 5.74) is 2.99. The van der Waals surface area contributed by atoms with Gasteiger partial charge < -0.3 is 9.09 Å². The lowest BCUT2D eigenvalue weighted by molar-refractivity contribution is 0.201. The summed E-state index contributed by atoms with van der Waals surface area (Å²) in [5, 5.41) is 4.75. The molecule has 0 saturated carbocycles. The Bertz CT molecular complexity index is 854. The number of fused-ring (bicyclic) bond motifs is 1. The van der Waals surface area contributed by atoms with Crippen molar-refractivity contribution in [1.29, 1.82) is 0 Å². The zero-order valence-electron chi connectivity index (χ0n) is 13.3. The molecule has 1 fully saturated rings. The van der Waals surface area contributed by atoms with Crippen LogP contribution in [-0.2, 0) is 13.6 Å². The van der Waals surface area contributed by atoms with E-state index in [1.54, 1.807) is 0 Å². The van der Waals surface area contributed by atoms with Crippen molar-refractivity contribution in [2.75, 3.05) is 6.54 Å². The van der Waals surface area contributed by atoms with Crippen molar-refractivity contribution in [3.05, 3.63) is 46.6 Å². The Labute approximate surface area is 139 Å². The summed E-state index contributed by atoms with van der Waals surface area (Å²) in [4.78, 5) is 7.18. The molecule has 0 radical (unpaired) electrons. The first kappa shape index (κ1) is 14.7. The van der Waals surface area contributed by atoms with E-state index in [4.69, 9.17) is 21.1 Å². The molecule has 3 heterocycles. The van der Waals surface area contributed by atoms with E-state index in [-0.39, 0.29) is 0 Å². The molecular weight excluding hydrogens is 312 g/mol. The number of hydrogen-bond donors (Lipinski definition) is 0. The maximum absolute atomic E-state index is 6.08. The zero-order valence-corrected chi connectivity index (χ0v) is 14.0. The van der Waals surface area contributed by atoms with Gasteiger partial charge in [-0.3, -0.25) is 4.90 Å². The van der Waals surface area contributed by atoms with Crippen LogP contribution in [-0.4, -0.2) is 26.2 Å². The highest BCUT2D eigenvalue weighted by molar-refractivity contribution is 6.31. The lowest BCUT2D eigenvalue weighted by Crippen LogP contribution is -2.24. The Kier molecular flexibility index (Phi) is 3.62. The molecule has 5 nitrogen and oxygen atoms in total. The zero-order chi connectivity index (χ0) is 16.0. The van der Waals surface area contributed by atoms with Crippen molar-refractivity contribution in [1.82, 2.24) is 19.6 Å². The smallest absolute Gasteiger partial charge is 0.154 e. The number of benzene rings is 1. The van der Waals surface area contributed by atoms with Crippen molar-refractivity contribution in [2.45, 2.75) is 32.4 Å². The van der Waals surface area contributed by atoms with Gasteiger partial charge in [-0.15, -0.1) is 0 Å². The molecule has 1 saturated heterocycles. The molecule has 6 heteroatoms. The van der Waals surface area contributed by atoms with Crippen molar-refractivity contribution in [3.8, 4) is 0 Å². The second kappa shape index (κ2) is 5.65. The van der Waals surface area contributed by atoms with E-state index in [1.165, 1.54) is 6.42 Å². The first-order valence-electron chi connectivity index (χ1n) is 7.90. The number of aromatic nitrogens is 3. The van der Waals surface area contributed by atoms with E-state index in [0.29, 0.717) is 6.04 Å². The van der Waals surface area contributed by atoms with Gasteiger partial charge in [-0.1, -0.05) is 16.8 Å². The predicted octanol–water partition coefficient (Wildman–Crippen LogP) is 3.86. The number of halogens is 1. The minimum Gasteiger partial charge on any atom is -0.359 e. The molecule has 120 valence electrons. The number of nitrogens with zero attached hydrogens (tertiary/aromatic N) is 4. The van der Waals surface area contributed by atoms with E-state index < -0.39 is 0 Å². The van der Waals surface area contributed by atoms with Crippen LogP contribution < -0.4 is 0 Å². The van der Waals surface area contributed by atoms with E-state index in [9.17, 15) is 0 Å². The molecule has 1 unspecified atom stereocenters. The monoisotopic (exact) mass is 330 g/mol. The Morgan fingerprint density at radius 2 is 2.22 bits per heavy atom. The summed E-state index contributed by atoms with van der Waals surface area (Å²) >= 11 is 6.08. The van der Waals surface area contributed by atoms with Gasteiger partial charge in [0, 0.05) is 18.1 Å². The molecule has 1 aromatic carbocycles. The molecule has 1 aliphatic heterocycles. The maximum Gasteiger partial charge on any atom is 0.154 e. The summed E-state index contributed by atoms with van der Waals surface area (Å²) in [5.74, 6) is 2.01. The van der Waals surface area contributed by atoms with Crippen LogP contribution >= 0.6 is 11.6 Å². The molecule has 0 spiro atoms. The third-order valence-electron chi connectivity index (χ3n) is 4.62. The van der Waals surface area contributed by atoms with Gasteiger partial charge in [0.15, 0.2) is 5.76 Å². The van der Waals surface area contributed by atoms with Gasteiger partial charge in [0.2, 0.25) is 0 Å². The first-order valence-corrected chi connectivity index (χ1v) is 8.28. The minimum atomic E-state index is 0.291. The van der Waals surface area contributed by atoms with Crippen LogP contribution in [0.5, 0.6) is 0 Å². The highest BCUT2D eigenvalue weighted by atomic mass is 35.5. The molecule has 0 aliphatic carbocycles. The maximum atomic E-state index is 6.08. The molecule has 0 bridgehead atoms. The SMILES string of the molecule is Cc1cc(C2CCCN2Cc2nc3cc(Cl)ccc3n2C)on1. The van der Waals surface area contributed by atoms with Gasteiger partial charge in [0.05, 0.1) is 29.3 Å². The van der Waals surface area contributed by atoms with Crippen LogP contribution in [0.15, 0.2) is 28.8 Å². The molecule has 23 heavy (non-hydrogen) atoms. The van der Waals surface area contributed by atoms with Gasteiger partial charge >= 0.3 is 0 Å². The van der Waals surface area contributed by atoms with Gasteiger partial charge in [0.25, 0.3) is 0 Å². The summed E-state index contributed by atoms with van der Waals surface area (Å²) in [6.07, 6.45) is 2.27. The molecule has 4 rings (SSSR count). The van der Waals surface area contributed by atoms with Crippen LogP contribution in [0.3, 0.4) is 0 Å². The third-order valence-corrected chi connectivity index (χ3v) is 4.85. The number of aryl methyl sites for hydroxylation is 2. The second-order valence-electron chi connectivity index (χ2n) is 6.22. The van der Waals surface area contributed by atoms with Crippen molar-refractivity contribution in [3.63, 3.8) is 0 Å². The lowest BCUT2D eigenvalue weighted by Gasteiger charge is -2.21. The fourth-order valence-corrected chi connectivity index (χ4v) is 3.59. The predicted molar refractivity (Wildman–Crippen MR) is 89.3 cm³/mol. The van der Waals surface area contributed by atoms with Crippen molar-refractivity contribution in [2.24, 2.45) is 7.05 Å². The largest absolute Gasteiger partial charge is 0.359 e. The summed E-state index contributed by atoms with van der Waals surface area (Å²) in [6.45, 7) is 3.81. The van der Waals surface area contributed by atoms with E-state index in [1.807, 2.05) is 31.2 Å². The van der Waals surface area contributed by atoms with E-state index in [2.05, 4.69) is 21.7 Å². The normalized spacial score (nSPS) is 19.0. The highest BCUT2D eigenvalue weighted by Gasteiger charge is 2.30.